The van der Waals surface area contributed by atoms with Crippen molar-refractivity contribution in [3.63, 3.8) is 0 Å². The summed E-state index contributed by atoms with van der Waals surface area (Å²) in [6.45, 7) is 4.61. The highest BCUT2D eigenvalue weighted by molar-refractivity contribution is 7.99. The first kappa shape index (κ1) is 19.6. The quantitative estimate of drug-likeness (QED) is 0.574. The smallest absolute Gasteiger partial charge is 0.283 e. The average molecular weight is 402 g/mol. The van der Waals surface area contributed by atoms with E-state index >= 15 is 0 Å². The Kier molecular flexibility index (Phi) is 6.68. The predicted octanol–water partition coefficient (Wildman–Crippen LogP) is 4.23. The Hall–Kier alpha value is -2.12. The van der Waals surface area contributed by atoms with Crippen molar-refractivity contribution in [2.24, 2.45) is 0 Å². The largest absolute Gasteiger partial charge is 0.348 e. The van der Waals surface area contributed by atoms with E-state index in [1.54, 1.807) is 15.9 Å². The summed E-state index contributed by atoms with van der Waals surface area (Å²) in [5.41, 5.74) is 1.45. The van der Waals surface area contributed by atoms with Gasteiger partial charge in [0.2, 0.25) is 5.91 Å². The van der Waals surface area contributed by atoms with Crippen LogP contribution in [0.25, 0.3) is 11.0 Å². The molecule has 142 valence electrons. The van der Waals surface area contributed by atoms with Crippen molar-refractivity contribution in [1.82, 2.24) is 14.9 Å². The number of benzene rings is 1. The minimum Gasteiger partial charge on any atom is -0.348 e. The standard InChI is InChI=1S/C20H23N3O2S2/c1-3-8-15(17-11-7-12-26-17)21-18(24)13-27-19-20(25)23(4-2)16-10-6-5-9-14(16)22-19/h5-7,9-12,15H,3-4,8,13H2,1-2H3,(H,21,24)/t15-/m0/s1. The lowest BCUT2D eigenvalue weighted by molar-refractivity contribution is -0.119. The summed E-state index contributed by atoms with van der Waals surface area (Å²) in [4.78, 5) is 30.8. The number of hydrogen-bond acceptors (Lipinski definition) is 5. The van der Waals surface area contributed by atoms with E-state index < -0.39 is 0 Å². The highest BCUT2D eigenvalue weighted by Crippen LogP contribution is 2.24. The number of rotatable bonds is 8. The molecule has 1 amide bonds. The Morgan fingerprint density at radius 2 is 2.07 bits per heavy atom. The van der Waals surface area contributed by atoms with E-state index in [1.165, 1.54) is 11.8 Å². The number of hydrogen-bond donors (Lipinski definition) is 1. The Balaban J connectivity index is 1.73. The van der Waals surface area contributed by atoms with Gasteiger partial charge in [0.25, 0.3) is 5.56 Å². The maximum absolute atomic E-state index is 12.7. The number of thioether (sulfide) groups is 1. The van der Waals surface area contributed by atoms with Crippen molar-refractivity contribution < 1.29 is 4.79 Å². The SMILES string of the molecule is CCC[C@H](NC(=O)CSc1nc2ccccc2n(CC)c1=O)c1cccs1. The molecule has 0 fully saturated rings. The molecule has 2 aromatic heterocycles. The average Bonchev–Trinajstić information content (AvgIpc) is 3.21. The van der Waals surface area contributed by atoms with Gasteiger partial charge in [-0.05, 0) is 36.9 Å². The van der Waals surface area contributed by atoms with Crippen LogP contribution in [0.1, 0.15) is 37.6 Å². The molecule has 0 saturated heterocycles. The summed E-state index contributed by atoms with van der Waals surface area (Å²) in [5, 5.41) is 5.48. The lowest BCUT2D eigenvalue weighted by atomic mass is 10.1. The molecule has 0 radical (unpaired) electrons. The maximum Gasteiger partial charge on any atom is 0.283 e. The van der Waals surface area contributed by atoms with Gasteiger partial charge in [0.1, 0.15) is 0 Å². The van der Waals surface area contributed by atoms with Crippen LogP contribution in [0.3, 0.4) is 0 Å². The van der Waals surface area contributed by atoms with Gasteiger partial charge in [0.05, 0.1) is 22.8 Å². The first-order chi connectivity index (χ1) is 13.1. The van der Waals surface area contributed by atoms with Crippen LogP contribution >= 0.6 is 23.1 Å². The third kappa shape index (κ3) is 4.59. The zero-order chi connectivity index (χ0) is 19.2. The fourth-order valence-corrected chi connectivity index (χ4v) is 4.57. The monoisotopic (exact) mass is 401 g/mol. The molecule has 1 atom stereocenters. The molecular formula is C20H23N3O2S2. The van der Waals surface area contributed by atoms with Gasteiger partial charge in [-0.15, -0.1) is 11.3 Å². The molecule has 7 heteroatoms. The molecule has 1 N–H and O–H groups in total. The van der Waals surface area contributed by atoms with Gasteiger partial charge in [-0.2, -0.15) is 0 Å². The van der Waals surface area contributed by atoms with Crippen molar-refractivity contribution in [2.75, 3.05) is 5.75 Å². The van der Waals surface area contributed by atoms with E-state index in [4.69, 9.17) is 0 Å². The molecule has 0 aliphatic carbocycles. The number of para-hydroxylation sites is 2. The number of nitrogens with one attached hydrogen (secondary N) is 1. The van der Waals surface area contributed by atoms with Crippen LogP contribution in [0.2, 0.25) is 0 Å². The van der Waals surface area contributed by atoms with Crippen molar-refractivity contribution in [1.29, 1.82) is 0 Å². The molecule has 0 unspecified atom stereocenters. The van der Waals surface area contributed by atoms with Gasteiger partial charge in [-0.1, -0.05) is 43.3 Å². The molecule has 2 heterocycles. The molecule has 1 aromatic carbocycles. The summed E-state index contributed by atoms with van der Waals surface area (Å²) in [7, 11) is 0. The number of fused-ring (bicyclic) bond motifs is 1. The summed E-state index contributed by atoms with van der Waals surface area (Å²) in [5.74, 6) is 0.0971. The number of carbonyl (C=O) groups excluding carboxylic acids is 1. The van der Waals surface area contributed by atoms with Gasteiger partial charge in [0.15, 0.2) is 5.03 Å². The molecule has 3 rings (SSSR count). The zero-order valence-corrected chi connectivity index (χ0v) is 17.1. The van der Waals surface area contributed by atoms with Crippen LogP contribution in [0, 0.1) is 0 Å². The summed E-state index contributed by atoms with van der Waals surface area (Å²) in [6, 6.07) is 11.6. The minimum absolute atomic E-state index is 0.0277. The van der Waals surface area contributed by atoms with Crippen molar-refractivity contribution in [2.45, 2.75) is 44.3 Å². The van der Waals surface area contributed by atoms with Gasteiger partial charge in [0, 0.05) is 11.4 Å². The summed E-state index contributed by atoms with van der Waals surface area (Å²) >= 11 is 2.85. The second-order valence-electron chi connectivity index (χ2n) is 6.17. The van der Waals surface area contributed by atoms with Gasteiger partial charge < -0.3 is 9.88 Å². The molecule has 3 aromatic rings. The molecule has 5 nitrogen and oxygen atoms in total. The van der Waals surface area contributed by atoms with Crippen molar-refractivity contribution in [3.05, 3.63) is 57.0 Å². The van der Waals surface area contributed by atoms with Crippen molar-refractivity contribution >= 4 is 40.0 Å². The second kappa shape index (κ2) is 9.19. The molecule has 0 aliphatic rings. The predicted molar refractivity (Wildman–Crippen MR) is 113 cm³/mol. The van der Waals surface area contributed by atoms with E-state index in [0.717, 1.165) is 28.8 Å². The molecule has 27 heavy (non-hydrogen) atoms. The second-order valence-corrected chi connectivity index (χ2v) is 8.11. The van der Waals surface area contributed by atoms with Gasteiger partial charge in [-0.25, -0.2) is 4.98 Å². The van der Waals surface area contributed by atoms with Crippen LogP contribution in [-0.2, 0) is 11.3 Å². The highest BCUT2D eigenvalue weighted by Gasteiger charge is 2.17. The minimum atomic E-state index is -0.141. The lowest BCUT2D eigenvalue weighted by Gasteiger charge is -2.16. The van der Waals surface area contributed by atoms with E-state index in [0.29, 0.717) is 11.6 Å². The molecule has 0 saturated carbocycles. The number of carbonyl (C=O) groups is 1. The Labute approximate surface area is 166 Å². The fraction of sp³-hybridized carbons (Fsp3) is 0.350. The van der Waals surface area contributed by atoms with Gasteiger partial charge >= 0.3 is 0 Å². The number of thiophene rings is 1. The highest BCUT2D eigenvalue weighted by atomic mass is 32.2. The number of aryl methyl sites for hydroxylation is 1. The molecular weight excluding hydrogens is 378 g/mol. The topological polar surface area (TPSA) is 64.0 Å². The van der Waals surface area contributed by atoms with E-state index in [2.05, 4.69) is 17.2 Å². The van der Waals surface area contributed by atoms with E-state index in [-0.39, 0.29) is 23.3 Å². The Morgan fingerprint density at radius 3 is 2.78 bits per heavy atom. The number of aromatic nitrogens is 2. The fourth-order valence-electron chi connectivity index (χ4n) is 3.01. The van der Waals surface area contributed by atoms with Crippen LogP contribution < -0.4 is 10.9 Å². The molecule has 0 spiro atoms. The molecule has 0 aliphatic heterocycles. The van der Waals surface area contributed by atoms with Crippen LogP contribution in [0.15, 0.2) is 51.6 Å². The lowest BCUT2D eigenvalue weighted by Crippen LogP contribution is -2.30. The maximum atomic E-state index is 12.7. The molecule has 0 bridgehead atoms. The third-order valence-electron chi connectivity index (χ3n) is 4.28. The number of amides is 1. The third-order valence-corrected chi connectivity index (χ3v) is 6.21. The Morgan fingerprint density at radius 1 is 1.26 bits per heavy atom. The zero-order valence-electron chi connectivity index (χ0n) is 15.5. The summed E-state index contributed by atoms with van der Waals surface area (Å²) < 4.78 is 1.70. The van der Waals surface area contributed by atoms with Crippen LogP contribution in [0.4, 0.5) is 0 Å². The first-order valence-corrected chi connectivity index (χ1v) is 11.0. The number of nitrogens with zero attached hydrogens (tertiary/aromatic N) is 2. The van der Waals surface area contributed by atoms with E-state index in [9.17, 15) is 9.59 Å². The van der Waals surface area contributed by atoms with E-state index in [1.807, 2.05) is 48.7 Å². The normalized spacial score (nSPS) is 12.2. The van der Waals surface area contributed by atoms with Gasteiger partial charge in [-0.3, -0.25) is 9.59 Å². The van der Waals surface area contributed by atoms with Crippen LogP contribution in [-0.4, -0.2) is 21.2 Å². The Bertz CT molecular complexity index is 967. The van der Waals surface area contributed by atoms with Crippen LogP contribution in [0.5, 0.6) is 0 Å². The first-order valence-electron chi connectivity index (χ1n) is 9.09. The summed E-state index contributed by atoms with van der Waals surface area (Å²) in [6.07, 6.45) is 1.89. The van der Waals surface area contributed by atoms with Crippen molar-refractivity contribution in [3.8, 4) is 0 Å².